The van der Waals surface area contributed by atoms with E-state index >= 15 is 0 Å². The molecular weight excluding hydrogens is 417 g/mol. The number of carbonyl (C=O) groups excluding carboxylic acids is 1. The fraction of sp³-hybridized carbons (Fsp3) is 0.0417. The summed E-state index contributed by atoms with van der Waals surface area (Å²) in [5.41, 5.74) is 7.30. The van der Waals surface area contributed by atoms with Crippen LogP contribution in [-0.4, -0.2) is 17.1 Å². The molecule has 30 heavy (non-hydrogen) atoms. The number of aryl methyl sites for hydroxylation is 1. The van der Waals surface area contributed by atoms with Crippen molar-refractivity contribution in [1.82, 2.24) is 10.4 Å². The minimum Gasteiger partial charge on any atom is -0.267 e. The number of nitrogens with zero attached hydrogens (tertiary/aromatic N) is 2. The van der Waals surface area contributed by atoms with Crippen LogP contribution in [0.2, 0.25) is 10.0 Å². The molecule has 0 unspecified atom stereocenters. The fourth-order valence-electron chi connectivity index (χ4n) is 3.06. The van der Waals surface area contributed by atoms with Gasteiger partial charge in [0.05, 0.1) is 28.0 Å². The Balaban J connectivity index is 1.67. The number of pyridine rings is 1. The molecule has 0 aliphatic rings. The predicted molar refractivity (Wildman–Crippen MR) is 123 cm³/mol. The Morgan fingerprint density at radius 1 is 1.00 bits per heavy atom. The highest BCUT2D eigenvalue weighted by molar-refractivity contribution is 6.36. The molecule has 6 heteroatoms. The van der Waals surface area contributed by atoms with Crippen LogP contribution in [0.4, 0.5) is 0 Å². The first-order chi connectivity index (χ1) is 14.5. The third-order valence-corrected chi connectivity index (χ3v) is 5.20. The molecule has 0 aliphatic carbocycles. The van der Waals surface area contributed by atoms with Gasteiger partial charge >= 0.3 is 0 Å². The van der Waals surface area contributed by atoms with Crippen LogP contribution in [0.5, 0.6) is 0 Å². The summed E-state index contributed by atoms with van der Waals surface area (Å²) in [5.74, 6) is -0.330. The Morgan fingerprint density at radius 2 is 1.77 bits per heavy atom. The van der Waals surface area contributed by atoms with Crippen molar-refractivity contribution in [1.29, 1.82) is 0 Å². The molecule has 1 amide bonds. The number of amides is 1. The van der Waals surface area contributed by atoms with E-state index in [-0.39, 0.29) is 5.91 Å². The molecule has 0 radical (unpaired) electrons. The Labute approximate surface area is 184 Å². The highest BCUT2D eigenvalue weighted by Crippen LogP contribution is 2.25. The van der Waals surface area contributed by atoms with Crippen LogP contribution < -0.4 is 5.43 Å². The first kappa shape index (κ1) is 20.1. The average Bonchev–Trinajstić information content (AvgIpc) is 2.75. The highest BCUT2D eigenvalue weighted by atomic mass is 35.5. The molecule has 0 atom stereocenters. The van der Waals surface area contributed by atoms with E-state index < -0.39 is 0 Å². The number of hydrogen-bond acceptors (Lipinski definition) is 3. The number of nitrogens with one attached hydrogen (secondary N) is 1. The van der Waals surface area contributed by atoms with E-state index in [1.165, 1.54) is 6.21 Å². The van der Waals surface area contributed by atoms with Crippen molar-refractivity contribution in [3.05, 3.63) is 99.5 Å². The molecule has 0 saturated carbocycles. The van der Waals surface area contributed by atoms with Crippen molar-refractivity contribution in [2.24, 2.45) is 5.10 Å². The summed E-state index contributed by atoms with van der Waals surface area (Å²) >= 11 is 12.0. The Kier molecular flexibility index (Phi) is 5.79. The largest absolute Gasteiger partial charge is 0.272 e. The summed E-state index contributed by atoms with van der Waals surface area (Å²) in [6.07, 6.45) is 1.49. The van der Waals surface area contributed by atoms with Crippen molar-refractivity contribution in [3.8, 4) is 11.3 Å². The van der Waals surface area contributed by atoms with Gasteiger partial charge in [-0.1, -0.05) is 77.3 Å². The van der Waals surface area contributed by atoms with E-state index in [0.717, 1.165) is 27.7 Å². The van der Waals surface area contributed by atoms with Crippen LogP contribution in [0, 0.1) is 6.92 Å². The zero-order chi connectivity index (χ0) is 21.1. The lowest BCUT2D eigenvalue weighted by molar-refractivity contribution is 0.0956. The quantitative estimate of drug-likeness (QED) is 0.304. The van der Waals surface area contributed by atoms with Crippen LogP contribution >= 0.6 is 23.2 Å². The smallest absolute Gasteiger partial charge is 0.267 e. The Hall–Kier alpha value is -3.21. The molecular formula is C24H17Cl2N3O. The van der Waals surface area contributed by atoms with Gasteiger partial charge in [-0.25, -0.2) is 10.4 Å². The zero-order valence-corrected chi connectivity index (χ0v) is 17.6. The van der Waals surface area contributed by atoms with Crippen LogP contribution in [-0.2, 0) is 0 Å². The number of hydrogen-bond donors (Lipinski definition) is 1. The van der Waals surface area contributed by atoms with E-state index in [9.17, 15) is 4.79 Å². The molecule has 148 valence electrons. The number of rotatable bonds is 4. The number of benzene rings is 3. The topological polar surface area (TPSA) is 54.4 Å². The zero-order valence-electron chi connectivity index (χ0n) is 16.1. The van der Waals surface area contributed by atoms with Gasteiger partial charge in [0.2, 0.25) is 0 Å². The molecule has 1 N–H and O–H groups in total. The highest BCUT2D eigenvalue weighted by Gasteiger charge is 2.13. The summed E-state index contributed by atoms with van der Waals surface area (Å²) in [4.78, 5) is 17.6. The van der Waals surface area contributed by atoms with Crippen molar-refractivity contribution in [2.75, 3.05) is 0 Å². The first-order valence-electron chi connectivity index (χ1n) is 9.26. The lowest BCUT2D eigenvalue weighted by Gasteiger charge is -2.09. The van der Waals surface area contributed by atoms with E-state index in [4.69, 9.17) is 28.2 Å². The summed E-state index contributed by atoms with van der Waals surface area (Å²) in [5, 5.41) is 5.80. The van der Waals surface area contributed by atoms with Gasteiger partial charge in [-0.15, -0.1) is 0 Å². The summed E-state index contributed by atoms with van der Waals surface area (Å²) in [6, 6.07) is 22.4. The molecule has 0 bridgehead atoms. The Morgan fingerprint density at radius 3 is 2.53 bits per heavy atom. The van der Waals surface area contributed by atoms with Crippen molar-refractivity contribution < 1.29 is 4.79 Å². The van der Waals surface area contributed by atoms with Gasteiger partial charge in [0.1, 0.15) is 0 Å². The van der Waals surface area contributed by atoms with Gasteiger partial charge in [0, 0.05) is 21.5 Å². The molecule has 1 heterocycles. The second-order valence-corrected chi connectivity index (χ2v) is 7.65. The normalized spacial score (nSPS) is 11.2. The molecule has 1 aromatic heterocycles. The minimum atomic E-state index is -0.330. The van der Waals surface area contributed by atoms with E-state index in [1.807, 2.05) is 55.5 Å². The molecule has 0 spiro atoms. The monoisotopic (exact) mass is 433 g/mol. The van der Waals surface area contributed by atoms with E-state index in [1.54, 1.807) is 24.3 Å². The molecule has 4 nitrogen and oxygen atoms in total. The molecule has 0 fully saturated rings. The van der Waals surface area contributed by atoms with Gasteiger partial charge < -0.3 is 0 Å². The fourth-order valence-corrected chi connectivity index (χ4v) is 3.52. The number of halogens is 2. The molecule has 0 saturated heterocycles. The summed E-state index contributed by atoms with van der Waals surface area (Å²) < 4.78 is 0. The van der Waals surface area contributed by atoms with Crippen molar-refractivity contribution in [3.63, 3.8) is 0 Å². The maximum Gasteiger partial charge on any atom is 0.272 e. The van der Waals surface area contributed by atoms with Crippen molar-refractivity contribution >= 4 is 46.2 Å². The summed E-state index contributed by atoms with van der Waals surface area (Å²) in [7, 11) is 0. The van der Waals surface area contributed by atoms with E-state index in [0.29, 0.717) is 21.2 Å². The number of fused-ring (bicyclic) bond motifs is 1. The van der Waals surface area contributed by atoms with Crippen LogP contribution in [0.3, 0.4) is 0 Å². The minimum absolute atomic E-state index is 0.330. The van der Waals surface area contributed by atoms with Gasteiger partial charge in [-0.05, 0) is 31.2 Å². The Bertz CT molecular complexity index is 1270. The SMILES string of the molecule is Cc1ccc(-c2cc(C(=O)N/N=C/c3ccc(Cl)cc3Cl)c3ccccc3n2)cc1. The average molecular weight is 434 g/mol. The lowest BCUT2D eigenvalue weighted by Crippen LogP contribution is -2.18. The molecule has 4 rings (SSSR count). The maximum absolute atomic E-state index is 12.9. The van der Waals surface area contributed by atoms with Crippen LogP contribution in [0.1, 0.15) is 21.5 Å². The number of hydrazone groups is 1. The van der Waals surface area contributed by atoms with E-state index in [2.05, 4.69) is 10.5 Å². The number of carbonyl (C=O) groups is 1. The molecule has 0 aliphatic heterocycles. The molecule has 4 aromatic rings. The lowest BCUT2D eigenvalue weighted by atomic mass is 10.0. The third-order valence-electron chi connectivity index (χ3n) is 4.64. The van der Waals surface area contributed by atoms with Gasteiger partial charge in [0.25, 0.3) is 5.91 Å². The van der Waals surface area contributed by atoms with Gasteiger partial charge in [0.15, 0.2) is 0 Å². The second-order valence-electron chi connectivity index (χ2n) is 6.80. The van der Waals surface area contributed by atoms with Crippen LogP contribution in [0.15, 0.2) is 77.9 Å². The van der Waals surface area contributed by atoms with Gasteiger partial charge in [-0.2, -0.15) is 5.10 Å². The first-order valence-corrected chi connectivity index (χ1v) is 10.0. The molecule has 3 aromatic carbocycles. The third kappa shape index (κ3) is 4.35. The van der Waals surface area contributed by atoms with Crippen LogP contribution in [0.25, 0.3) is 22.2 Å². The van der Waals surface area contributed by atoms with Crippen molar-refractivity contribution in [2.45, 2.75) is 6.92 Å². The predicted octanol–water partition coefficient (Wildman–Crippen LogP) is 6.28. The maximum atomic E-state index is 12.9. The standard InChI is InChI=1S/C24H17Cl2N3O/c1-15-6-8-16(9-7-15)23-13-20(19-4-2-3-5-22(19)28-23)24(30)29-27-14-17-10-11-18(25)12-21(17)26/h2-14H,1H3,(H,29,30)/b27-14+. The second kappa shape index (κ2) is 8.66. The summed E-state index contributed by atoms with van der Waals surface area (Å²) in [6.45, 7) is 2.03. The number of para-hydroxylation sites is 1. The van der Waals surface area contributed by atoms with Gasteiger partial charge in [-0.3, -0.25) is 4.79 Å². The number of aromatic nitrogens is 1.